The fourth-order valence-electron chi connectivity index (χ4n) is 4.82. The molecule has 5 aromatic rings. The molecule has 1 aliphatic rings. The average molecular weight is 504 g/mol. The molecule has 1 saturated heterocycles. The number of aromatic nitrogens is 5. The van der Waals surface area contributed by atoms with Crippen LogP contribution in [0.3, 0.4) is 0 Å². The largest absolute Gasteiger partial charge is 0.494 e. The number of thiazole rings is 1. The summed E-state index contributed by atoms with van der Waals surface area (Å²) in [5.41, 5.74) is 5.69. The Morgan fingerprint density at radius 1 is 1.08 bits per heavy atom. The van der Waals surface area contributed by atoms with Crippen LogP contribution >= 0.6 is 11.3 Å². The highest BCUT2D eigenvalue weighted by Crippen LogP contribution is 2.35. The lowest BCUT2D eigenvalue weighted by atomic mass is 10.3. The predicted molar refractivity (Wildman–Crippen MR) is 140 cm³/mol. The molecule has 0 spiro atoms. The Labute approximate surface area is 210 Å². The number of anilines is 1. The van der Waals surface area contributed by atoms with Crippen molar-refractivity contribution >= 4 is 44.3 Å². The zero-order valence-electron chi connectivity index (χ0n) is 20.0. The van der Waals surface area contributed by atoms with Crippen LogP contribution in [0.4, 0.5) is 5.00 Å². The molecule has 3 aromatic heterocycles. The van der Waals surface area contributed by atoms with Gasteiger partial charge < -0.3 is 19.5 Å². The summed E-state index contributed by atoms with van der Waals surface area (Å²) in [4.78, 5) is 42.6. The number of hydrogen-bond acceptors (Lipinski definition) is 7. The third-order valence-corrected chi connectivity index (χ3v) is 7.62. The minimum absolute atomic E-state index is 0.0345. The summed E-state index contributed by atoms with van der Waals surface area (Å²) in [6, 6.07) is 13.3. The van der Waals surface area contributed by atoms with Crippen molar-refractivity contribution in [3.05, 3.63) is 58.5 Å². The third-order valence-electron chi connectivity index (χ3n) is 6.74. The SMILES string of the molecule is COc1cccc2nc(-c3ncsc3N3CCN(C(=O)Cn4c(=O)n(C)c5ccccc54)CC3)[nH]c12. The van der Waals surface area contributed by atoms with Crippen LogP contribution in [-0.4, -0.2) is 68.2 Å². The molecule has 4 heterocycles. The van der Waals surface area contributed by atoms with Gasteiger partial charge in [0.1, 0.15) is 28.5 Å². The Balaban J connectivity index is 1.18. The number of rotatable bonds is 5. The van der Waals surface area contributed by atoms with Crippen LogP contribution in [0.15, 0.2) is 52.8 Å². The monoisotopic (exact) mass is 503 g/mol. The molecule has 1 N–H and O–H groups in total. The van der Waals surface area contributed by atoms with Crippen LogP contribution in [0.5, 0.6) is 5.75 Å². The van der Waals surface area contributed by atoms with Crippen molar-refractivity contribution in [1.82, 2.24) is 29.0 Å². The number of imidazole rings is 2. The zero-order chi connectivity index (χ0) is 24.8. The van der Waals surface area contributed by atoms with E-state index in [1.165, 1.54) is 0 Å². The molecule has 1 amide bonds. The van der Waals surface area contributed by atoms with Gasteiger partial charge in [0.15, 0.2) is 5.82 Å². The number of para-hydroxylation sites is 3. The van der Waals surface area contributed by atoms with E-state index in [0.29, 0.717) is 32.0 Å². The van der Waals surface area contributed by atoms with Crippen molar-refractivity contribution in [2.24, 2.45) is 7.05 Å². The van der Waals surface area contributed by atoms with E-state index in [1.54, 1.807) is 34.6 Å². The van der Waals surface area contributed by atoms with E-state index in [1.807, 2.05) is 52.9 Å². The summed E-state index contributed by atoms with van der Waals surface area (Å²) in [6.45, 7) is 2.53. The lowest BCUT2D eigenvalue weighted by Gasteiger charge is -2.35. The minimum Gasteiger partial charge on any atom is -0.494 e. The number of nitrogens with one attached hydrogen (secondary N) is 1. The highest BCUT2D eigenvalue weighted by molar-refractivity contribution is 7.14. The van der Waals surface area contributed by atoms with Gasteiger partial charge in [-0.1, -0.05) is 18.2 Å². The number of methoxy groups -OCH3 is 1. The number of hydrogen-bond donors (Lipinski definition) is 1. The van der Waals surface area contributed by atoms with Crippen molar-refractivity contribution < 1.29 is 9.53 Å². The number of carbonyl (C=O) groups is 1. The quantitative estimate of drug-likeness (QED) is 0.396. The minimum atomic E-state index is -0.181. The summed E-state index contributed by atoms with van der Waals surface area (Å²) in [5, 5.41) is 1.02. The number of nitrogens with zero attached hydrogens (tertiary/aromatic N) is 6. The first kappa shape index (κ1) is 22.4. The molecule has 10 nitrogen and oxygen atoms in total. The highest BCUT2D eigenvalue weighted by atomic mass is 32.1. The first-order valence-electron chi connectivity index (χ1n) is 11.7. The van der Waals surface area contributed by atoms with Crippen LogP contribution < -0.4 is 15.3 Å². The van der Waals surface area contributed by atoms with Gasteiger partial charge in [-0.2, -0.15) is 0 Å². The van der Waals surface area contributed by atoms with Crippen molar-refractivity contribution in [1.29, 1.82) is 0 Å². The second-order valence-electron chi connectivity index (χ2n) is 8.73. The third kappa shape index (κ3) is 3.63. The standard InChI is InChI=1S/C25H25N7O3S/c1-29-17-7-3-4-8-18(17)32(25(29)34)14-20(33)30-10-12-31(13-11-30)24-22(26-15-36-24)23-27-16-6-5-9-19(35-2)21(16)28-23/h3-9,15H,10-14H2,1-2H3,(H,27,28). The van der Waals surface area contributed by atoms with Gasteiger partial charge in [-0.15, -0.1) is 11.3 Å². The van der Waals surface area contributed by atoms with Gasteiger partial charge in [-0.05, 0) is 24.3 Å². The molecule has 0 atom stereocenters. The van der Waals surface area contributed by atoms with E-state index in [-0.39, 0.29) is 18.1 Å². The molecule has 0 bridgehead atoms. The Hall–Kier alpha value is -4.12. The molecule has 1 fully saturated rings. The number of piperazine rings is 1. The highest BCUT2D eigenvalue weighted by Gasteiger charge is 2.26. The smallest absolute Gasteiger partial charge is 0.329 e. The second kappa shape index (κ2) is 8.83. The summed E-state index contributed by atoms with van der Waals surface area (Å²) in [5.74, 6) is 1.38. The summed E-state index contributed by atoms with van der Waals surface area (Å²) in [7, 11) is 3.37. The first-order chi connectivity index (χ1) is 17.5. The molecule has 6 rings (SSSR count). The summed E-state index contributed by atoms with van der Waals surface area (Å²) >= 11 is 1.56. The van der Waals surface area contributed by atoms with Gasteiger partial charge in [0.25, 0.3) is 0 Å². The molecule has 0 radical (unpaired) electrons. The van der Waals surface area contributed by atoms with Gasteiger partial charge in [-0.25, -0.2) is 14.8 Å². The molecule has 0 saturated carbocycles. The molecular weight excluding hydrogens is 478 g/mol. The van der Waals surface area contributed by atoms with Gasteiger partial charge in [0.05, 0.1) is 29.2 Å². The van der Waals surface area contributed by atoms with Crippen molar-refractivity contribution in [2.45, 2.75) is 6.54 Å². The molecule has 11 heteroatoms. The van der Waals surface area contributed by atoms with E-state index in [0.717, 1.165) is 38.5 Å². The molecule has 1 aliphatic heterocycles. The Morgan fingerprint density at radius 3 is 2.64 bits per heavy atom. The van der Waals surface area contributed by atoms with Crippen LogP contribution in [0.1, 0.15) is 0 Å². The van der Waals surface area contributed by atoms with Crippen LogP contribution in [0, 0.1) is 0 Å². The Kier molecular flexibility index (Phi) is 5.48. The molecule has 36 heavy (non-hydrogen) atoms. The van der Waals surface area contributed by atoms with E-state index < -0.39 is 0 Å². The van der Waals surface area contributed by atoms with Crippen LogP contribution in [0.2, 0.25) is 0 Å². The Morgan fingerprint density at radius 2 is 1.86 bits per heavy atom. The van der Waals surface area contributed by atoms with E-state index in [4.69, 9.17) is 9.72 Å². The van der Waals surface area contributed by atoms with E-state index in [9.17, 15) is 9.59 Å². The number of amides is 1. The number of carbonyl (C=O) groups excluding carboxylic acids is 1. The van der Waals surface area contributed by atoms with E-state index >= 15 is 0 Å². The zero-order valence-corrected chi connectivity index (χ0v) is 20.8. The van der Waals surface area contributed by atoms with Gasteiger partial charge in [0.2, 0.25) is 5.91 Å². The predicted octanol–water partition coefficient (Wildman–Crippen LogP) is 2.70. The van der Waals surface area contributed by atoms with Gasteiger partial charge in [0, 0.05) is 33.2 Å². The van der Waals surface area contributed by atoms with E-state index in [2.05, 4.69) is 14.9 Å². The average Bonchev–Trinajstić information content (AvgIpc) is 3.62. The number of ether oxygens (including phenoxy) is 1. The lowest BCUT2D eigenvalue weighted by molar-refractivity contribution is -0.132. The van der Waals surface area contributed by atoms with Crippen molar-refractivity contribution in [3.8, 4) is 17.3 Å². The van der Waals surface area contributed by atoms with Gasteiger partial charge >= 0.3 is 5.69 Å². The van der Waals surface area contributed by atoms with Crippen molar-refractivity contribution in [2.75, 3.05) is 38.2 Å². The fraction of sp³-hybridized carbons (Fsp3) is 0.280. The maximum absolute atomic E-state index is 13.1. The second-order valence-corrected chi connectivity index (χ2v) is 9.56. The number of H-pyrrole nitrogens is 1. The van der Waals surface area contributed by atoms with Crippen LogP contribution in [0.25, 0.3) is 33.6 Å². The van der Waals surface area contributed by atoms with Crippen molar-refractivity contribution in [3.63, 3.8) is 0 Å². The normalized spacial score (nSPS) is 14.2. The molecule has 0 aliphatic carbocycles. The summed E-state index contributed by atoms with van der Waals surface area (Å²) in [6.07, 6.45) is 0. The molecular formula is C25H25N7O3S. The summed E-state index contributed by atoms with van der Waals surface area (Å²) < 4.78 is 8.59. The molecule has 0 unspecified atom stereocenters. The van der Waals surface area contributed by atoms with Gasteiger partial charge in [-0.3, -0.25) is 13.9 Å². The maximum Gasteiger partial charge on any atom is 0.329 e. The lowest BCUT2D eigenvalue weighted by Crippen LogP contribution is -2.50. The number of fused-ring (bicyclic) bond motifs is 2. The number of benzene rings is 2. The number of aromatic amines is 1. The van der Waals surface area contributed by atoms with Crippen LogP contribution in [-0.2, 0) is 18.4 Å². The molecule has 184 valence electrons. The fourth-order valence-corrected chi connectivity index (χ4v) is 5.67. The molecule has 2 aromatic carbocycles. The Bertz CT molecular complexity index is 1640. The maximum atomic E-state index is 13.1. The number of aryl methyl sites for hydroxylation is 1. The first-order valence-corrected chi connectivity index (χ1v) is 12.6. The topological polar surface area (TPSA) is 101 Å².